The number of rotatable bonds is 4. The Morgan fingerprint density at radius 3 is 2.79 bits per heavy atom. The molecule has 0 spiro atoms. The van der Waals surface area contributed by atoms with Gasteiger partial charge in [-0.2, -0.15) is 0 Å². The monoisotopic (exact) mass is 325 g/mol. The molecule has 0 aliphatic carbocycles. The number of benzene rings is 1. The number of nitrogens with one attached hydrogen (secondary N) is 1. The van der Waals surface area contributed by atoms with Crippen molar-refractivity contribution in [2.75, 3.05) is 18.9 Å². The summed E-state index contributed by atoms with van der Waals surface area (Å²) in [5, 5.41) is 2.76. The molecule has 2 heterocycles. The van der Waals surface area contributed by atoms with Crippen molar-refractivity contribution in [3.63, 3.8) is 0 Å². The highest BCUT2D eigenvalue weighted by Gasteiger charge is 2.24. The number of hydrogen-bond donors (Lipinski definition) is 1. The van der Waals surface area contributed by atoms with Gasteiger partial charge in [0.05, 0.1) is 5.69 Å². The molecule has 2 aromatic rings. The van der Waals surface area contributed by atoms with Gasteiger partial charge in [0.2, 0.25) is 0 Å². The summed E-state index contributed by atoms with van der Waals surface area (Å²) < 4.78 is 5.50. The van der Waals surface area contributed by atoms with Crippen molar-refractivity contribution in [1.29, 1.82) is 0 Å². The topological polar surface area (TPSA) is 71.5 Å². The summed E-state index contributed by atoms with van der Waals surface area (Å²) >= 11 is 0. The number of likely N-dealkylation sites (N-methyl/N-ethyl adjacent to an activating group) is 1. The first-order valence-electron chi connectivity index (χ1n) is 7.80. The van der Waals surface area contributed by atoms with Crippen molar-refractivity contribution in [2.24, 2.45) is 0 Å². The van der Waals surface area contributed by atoms with E-state index in [0.29, 0.717) is 23.5 Å². The number of ether oxygens (including phenoxy) is 1. The highest BCUT2D eigenvalue weighted by atomic mass is 16.5. The van der Waals surface area contributed by atoms with Gasteiger partial charge in [-0.1, -0.05) is 0 Å². The van der Waals surface area contributed by atoms with Crippen LogP contribution in [0.15, 0.2) is 42.7 Å². The lowest BCUT2D eigenvalue weighted by molar-refractivity contribution is -0.122. The molecule has 1 aliphatic rings. The van der Waals surface area contributed by atoms with Crippen molar-refractivity contribution in [1.82, 2.24) is 9.88 Å². The van der Waals surface area contributed by atoms with E-state index in [0.717, 1.165) is 12.0 Å². The zero-order chi connectivity index (χ0) is 17.1. The largest absolute Gasteiger partial charge is 0.479 e. The molecule has 0 radical (unpaired) electrons. The lowest BCUT2D eigenvalue weighted by Crippen LogP contribution is -2.34. The van der Waals surface area contributed by atoms with Gasteiger partial charge in [-0.05, 0) is 49.2 Å². The summed E-state index contributed by atoms with van der Waals surface area (Å²) in [6.45, 7) is 2.28. The van der Waals surface area contributed by atoms with Crippen LogP contribution < -0.4 is 10.1 Å². The number of anilines is 1. The Kier molecular flexibility index (Phi) is 4.46. The van der Waals surface area contributed by atoms with Crippen LogP contribution in [0.3, 0.4) is 0 Å². The van der Waals surface area contributed by atoms with Gasteiger partial charge in [0.15, 0.2) is 6.10 Å². The van der Waals surface area contributed by atoms with E-state index < -0.39 is 6.10 Å². The van der Waals surface area contributed by atoms with E-state index in [1.54, 1.807) is 49.5 Å². The third kappa shape index (κ3) is 3.37. The molecule has 6 nitrogen and oxygen atoms in total. The molecule has 0 bridgehead atoms. The first kappa shape index (κ1) is 16.0. The maximum Gasteiger partial charge on any atom is 0.265 e. The van der Waals surface area contributed by atoms with Crippen molar-refractivity contribution in [3.8, 4) is 5.75 Å². The summed E-state index contributed by atoms with van der Waals surface area (Å²) in [6, 6.07) is 8.96. The van der Waals surface area contributed by atoms with Crippen LogP contribution in [0.2, 0.25) is 0 Å². The van der Waals surface area contributed by atoms with Crippen LogP contribution in [0.1, 0.15) is 22.8 Å². The average molecular weight is 325 g/mol. The molecule has 1 atom stereocenters. The Balaban J connectivity index is 1.68. The number of pyridine rings is 1. The van der Waals surface area contributed by atoms with Crippen LogP contribution in [-0.2, 0) is 11.2 Å². The minimum atomic E-state index is -0.526. The van der Waals surface area contributed by atoms with Gasteiger partial charge < -0.3 is 15.0 Å². The van der Waals surface area contributed by atoms with Crippen molar-refractivity contribution in [3.05, 3.63) is 53.9 Å². The number of aromatic nitrogens is 1. The molecule has 1 aromatic carbocycles. The molecular formula is C18H19N3O3. The smallest absolute Gasteiger partial charge is 0.265 e. The van der Waals surface area contributed by atoms with Gasteiger partial charge in [-0.25, -0.2) is 0 Å². The van der Waals surface area contributed by atoms with E-state index in [9.17, 15) is 9.59 Å². The van der Waals surface area contributed by atoms with Gasteiger partial charge in [0.1, 0.15) is 5.75 Å². The normalized spacial score (nSPS) is 15.9. The lowest BCUT2D eigenvalue weighted by atomic mass is 10.1. The van der Waals surface area contributed by atoms with Gasteiger partial charge in [0.25, 0.3) is 11.8 Å². The summed E-state index contributed by atoms with van der Waals surface area (Å²) in [5.41, 5.74) is 2.18. The molecule has 1 aliphatic heterocycles. The van der Waals surface area contributed by atoms with Gasteiger partial charge in [0, 0.05) is 31.5 Å². The van der Waals surface area contributed by atoms with Crippen LogP contribution in [0, 0.1) is 0 Å². The second-order valence-corrected chi connectivity index (χ2v) is 5.79. The summed E-state index contributed by atoms with van der Waals surface area (Å²) in [4.78, 5) is 29.9. The summed E-state index contributed by atoms with van der Waals surface area (Å²) in [5.74, 6) is 0.274. The molecule has 0 saturated heterocycles. The van der Waals surface area contributed by atoms with Crippen molar-refractivity contribution < 1.29 is 14.3 Å². The Labute approximate surface area is 140 Å². The zero-order valence-corrected chi connectivity index (χ0v) is 13.7. The molecule has 1 unspecified atom stereocenters. The third-order valence-electron chi connectivity index (χ3n) is 3.99. The third-order valence-corrected chi connectivity index (χ3v) is 3.99. The quantitative estimate of drug-likeness (QED) is 0.934. The minimum absolute atomic E-state index is 0.0975. The zero-order valence-electron chi connectivity index (χ0n) is 13.7. The fraction of sp³-hybridized carbons (Fsp3) is 0.278. The van der Waals surface area contributed by atoms with Crippen molar-refractivity contribution in [2.45, 2.75) is 19.4 Å². The minimum Gasteiger partial charge on any atom is -0.479 e. The van der Waals surface area contributed by atoms with Crippen molar-refractivity contribution >= 4 is 17.5 Å². The van der Waals surface area contributed by atoms with Crippen LogP contribution in [0.5, 0.6) is 5.75 Å². The molecule has 1 N–H and O–H groups in total. The molecule has 24 heavy (non-hydrogen) atoms. The van der Waals surface area contributed by atoms with E-state index in [1.807, 2.05) is 12.1 Å². The van der Waals surface area contributed by atoms with E-state index in [-0.39, 0.29) is 11.8 Å². The van der Waals surface area contributed by atoms with E-state index in [4.69, 9.17) is 4.74 Å². The van der Waals surface area contributed by atoms with Gasteiger partial charge in [-0.3, -0.25) is 14.6 Å². The van der Waals surface area contributed by atoms with Crippen LogP contribution >= 0.6 is 0 Å². The first-order valence-corrected chi connectivity index (χ1v) is 7.80. The SMILES string of the molecule is CC1Oc2ccc(C(=O)N(C)CCc3ccncc3)cc2NC1=O. The highest BCUT2D eigenvalue weighted by Crippen LogP contribution is 2.30. The number of hydrogen-bond acceptors (Lipinski definition) is 4. The summed E-state index contributed by atoms with van der Waals surface area (Å²) in [6.07, 6.45) is 3.71. The molecular weight excluding hydrogens is 306 g/mol. The maximum absolute atomic E-state index is 12.6. The van der Waals surface area contributed by atoms with Gasteiger partial charge >= 0.3 is 0 Å². The Morgan fingerprint density at radius 1 is 1.29 bits per heavy atom. The fourth-order valence-corrected chi connectivity index (χ4v) is 2.51. The van der Waals surface area contributed by atoms with Gasteiger partial charge in [-0.15, -0.1) is 0 Å². The number of carbonyl (C=O) groups is 2. The lowest BCUT2D eigenvalue weighted by Gasteiger charge is -2.24. The Morgan fingerprint density at radius 2 is 2.04 bits per heavy atom. The number of nitrogens with zero attached hydrogens (tertiary/aromatic N) is 2. The number of amides is 2. The maximum atomic E-state index is 12.6. The Bertz CT molecular complexity index is 761. The summed E-state index contributed by atoms with van der Waals surface area (Å²) in [7, 11) is 1.76. The first-order chi connectivity index (χ1) is 11.5. The predicted molar refractivity (Wildman–Crippen MR) is 90.1 cm³/mol. The molecule has 1 aromatic heterocycles. The number of fused-ring (bicyclic) bond motifs is 1. The molecule has 3 rings (SSSR count). The molecule has 2 amide bonds. The van der Waals surface area contributed by atoms with E-state index in [2.05, 4.69) is 10.3 Å². The number of carbonyl (C=O) groups excluding carboxylic acids is 2. The second kappa shape index (κ2) is 6.70. The van der Waals surface area contributed by atoms with E-state index in [1.165, 1.54) is 0 Å². The molecule has 0 fully saturated rings. The second-order valence-electron chi connectivity index (χ2n) is 5.79. The average Bonchev–Trinajstić information content (AvgIpc) is 2.60. The molecule has 124 valence electrons. The van der Waals surface area contributed by atoms with Crippen LogP contribution in [0.4, 0.5) is 5.69 Å². The highest BCUT2D eigenvalue weighted by molar-refractivity contribution is 6.00. The van der Waals surface area contributed by atoms with Crippen LogP contribution in [0.25, 0.3) is 0 Å². The Hall–Kier alpha value is -2.89. The fourth-order valence-electron chi connectivity index (χ4n) is 2.51. The predicted octanol–water partition coefficient (Wildman–Crippen LogP) is 2.12. The van der Waals surface area contributed by atoms with Crippen LogP contribution in [-0.4, -0.2) is 41.4 Å². The van der Waals surface area contributed by atoms with E-state index >= 15 is 0 Å². The standard InChI is InChI=1S/C18H19N3O3/c1-12-17(22)20-15-11-14(3-4-16(15)24-12)18(23)21(2)10-7-13-5-8-19-9-6-13/h3-6,8-9,11-12H,7,10H2,1-2H3,(H,20,22). The molecule has 6 heteroatoms. The molecule has 0 saturated carbocycles.